The van der Waals surface area contributed by atoms with Gasteiger partial charge in [0.1, 0.15) is 5.75 Å². The van der Waals surface area contributed by atoms with Crippen LogP contribution in [0.5, 0.6) is 5.75 Å². The molecule has 90 valence electrons. The summed E-state index contributed by atoms with van der Waals surface area (Å²) in [4.78, 5) is 22.8. The third kappa shape index (κ3) is 2.83. The van der Waals surface area contributed by atoms with Crippen molar-refractivity contribution in [2.45, 2.75) is 6.92 Å². The molecule has 0 aliphatic carbocycles. The largest absolute Gasteiger partial charge is 0.423 e. The van der Waals surface area contributed by atoms with Crippen LogP contribution >= 0.6 is 0 Å². The number of ketones is 1. The lowest BCUT2D eigenvalue weighted by atomic mass is 10.1. The van der Waals surface area contributed by atoms with Crippen LogP contribution in [0, 0.1) is 0 Å². The van der Waals surface area contributed by atoms with Gasteiger partial charge >= 0.3 is 5.97 Å². The lowest BCUT2D eigenvalue weighted by Crippen LogP contribution is -2.08. The summed E-state index contributed by atoms with van der Waals surface area (Å²) in [6, 6.07) is 15.2. The Balaban J connectivity index is 2.10. The van der Waals surface area contributed by atoms with Gasteiger partial charge in [-0.3, -0.25) is 4.79 Å². The molecular formula is C15H12O3. The molecule has 0 aliphatic rings. The molecular weight excluding hydrogens is 228 g/mol. The van der Waals surface area contributed by atoms with E-state index in [9.17, 15) is 9.59 Å². The Morgan fingerprint density at radius 2 is 1.44 bits per heavy atom. The van der Waals surface area contributed by atoms with Crippen molar-refractivity contribution >= 4 is 11.8 Å². The molecule has 0 saturated heterocycles. The fourth-order valence-electron chi connectivity index (χ4n) is 1.50. The zero-order valence-electron chi connectivity index (χ0n) is 9.92. The van der Waals surface area contributed by atoms with E-state index in [2.05, 4.69) is 0 Å². The Hall–Kier alpha value is -2.42. The molecule has 0 heterocycles. The van der Waals surface area contributed by atoms with Crippen LogP contribution in [0.2, 0.25) is 0 Å². The highest BCUT2D eigenvalue weighted by Crippen LogP contribution is 2.14. The summed E-state index contributed by atoms with van der Waals surface area (Å²) in [5, 5.41) is 0. The minimum Gasteiger partial charge on any atom is -0.423 e. The van der Waals surface area contributed by atoms with E-state index in [1.807, 2.05) is 6.07 Å². The third-order valence-electron chi connectivity index (χ3n) is 2.48. The Labute approximate surface area is 105 Å². The van der Waals surface area contributed by atoms with Gasteiger partial charge in [-0.05, 0) is 43.3 Å². The minimum atomic E-state index is -0.411. The van der Waals surface area contributed by atoms with Crippen molar-refractivity contribution < 1.29 is 14.3 Å². The Bertz CT molecular complexity index is 556. The van der Waals surface area contributed by atoms with Crippen LogP contribution in [0.15, 0.2) is 54.6 Å². The average molecular weight is 240 g/mol. The van der Waals surface area contributed by atoms with Gasteiger partial charge in [-0.25, -0.2) is 4.79 Å². The quantitative estimate of drug-likeness (QED) is 0.470. The molecule has 0 fully saturated rings. The second kappa shape index (κ2) is 5.27. The summed E-state index contributed by atoms with van der Waals surface area (Å²) in [5.41, 5.74) is 1.09. The number of carbonyl (C=O) groups excluding carboxylic acids is 2. The van der Waals surface area contributed by atoms with E-state index in [1.165, 1.54) is 6.92 Å². The third-order valence-corrected chi connectivity index (χ3v) is 2.48. The second-order valence-electron chi connectivity index (χ2n) is 3.84. The van der Waals surface area contributed by atoms with E-state index in [0.29, 0.717) is 16.9 Å². The molecule has 2 aromatic rings. The molecule has 2 rings (SSSR count). The molecule has 18 heavy (non-hydrogen) atoms. The van der Waals surface area contributed by atoms with Gasteiger partial charge in [0.2, 0.25) is 0 Å². The summed E-state index contributed by atoms with van der Waals surface area (Å²) in [6.07, 6.45) is 0. The number of hydrogen-bond acceptors (Lipinski definition) is 3. The van der Waals surface area contributed by atoms with Crippen LogP contribution in [0.1, 0.15) is 27.6 Å². The molecule has 2 aromatic carbocycles. The van der Waals surface area contributed by atoms with E-state index >= 15 is 0 Å². The Kier molecular flexibility index (Phi) is 3.53. The van der Waals surface area contributed by atoms with E-state index in [4.69, 9.17) is 4.74 Å². The van der Waals surface area contributed by atoms with Crippen LogP contribution in [-0.4, -0.2) is 11.8 Å². The van der Waals surface area contributed by atoms with Crippen molar-refractivity contribution in [3.8, 4) is 5.75 Å². The first-order chi connectivity index (χ1) is 8.66. The molecule has 0 atom stereocenters. The average Bonchev–Trinajstić information content (AvgIpc) is 2.40. The van der Waals surface area contributed by atoms with Crippen molar-refractivity contribution in [1.29, 1.82) is 0 Å². The van der Waals surface area contributed by atoms with Gasteiger partial charge in [0.15, 0.2) is 5.78 Å². The minimum absolute atomic E-state index is 0.0177. The van der Waals surface area contributed by atoms with Gasteiger partial charge in [-0.15, -0.1) is 0 Å². The lowest BCUT2D eigenvalue weighted by molar-refractivity contribution is 0.0734. The molecule has 0 amide bonds. The van der Waals surface area contributed by atoms with Crippen molar-refractivity contribution in [1.82, 2.24) is 0 Å². The van der Waals surface area contributed by atoms with Crippen LogP contribution in [0.4, 0.5) is 0 Å². The molecule has 0 radical (unpaired) electrons. The molecule has 0 N–H and O–H groups in total. The first-order valence-electron chi connectivity index (χ1n) is 5.55. The summed E-state index contributed by atoms with van der Waals surface area (Å²) in [5.74, 6) is -0.00374. The second-order valence-corrected chi connectivity index (χ2v) is 3.84. The smallest absolute Gasteiger partial charge is 0.343 e. The molecule has 0 aromatic heterocycles. The summed E-state index contributed by atoms with van der Waals surface area (Å²) < 4.78 is 5.18. The molecule has 3 nitrogen and oxygen atoms in total. The monoisotopic (exact) mass is 240 g/mol. The maximum Gasteiger partial charge on any atom is 0.343 e. The number of esters is 1. The van der Waals surface area contributed by atoms with Crippen molar-refractivity contribution in [3.05, 3.63) is 65.7 Å². The van der Waals surface area contributed by atoms with E-state index in [0.717, 1.165) is 0 Å². The van der Waals surface area contributed by atoms with Gasteiger partial charge in [-0.2, -0.15) is 0 Å². The van der Waals surface area contributed by atoms with Gasteiger partial charge < -0.3 is 4.74 Å². The van der Waals surface area contributed by atoms with Gasteiger partial charge in [-0.1, -0.05) is 18.2 Å². The van der Waals surface area contributed by atoms with Crippen molar-refractivity contribution in [2.24, 2.45) is 0 Å². The molecule has 0 unspecified atom stereocenters. The van der Waals surface area contributed by atoms with Crippen LogP contribution < -0.4 is 4.74 Å². The number of Topliss-reactive ketones (excluding diaryl/α,β-unsaturated/α-hetero) is 1. The fraction of sp³-hybridized carbons (Fsp3) is 0.0667. The van der Waals surface area contributed by atoms with E-state index in [1.54, 1.807) is 48.5 Å². The van der Waals surface area contributed by atoms with Gasteiger partial charge in [0, 0.05) is 5.56 Å². The molecule has 0 spiro atoms. The number of hydrogen-bond donors (Lipinski definition) is 0. The maximum absolute atomic E-state index is 11.7. The van der Waals surface area contributed by atoms with E-state index in [-0.39, 0.29) is 5.78 Å². The molecule has 0 saturated carbocycles. The predicted molar refractivity (Wildman–Crippen MR) is 67.8 cm³/mol. The molecule has 0 bridgehead atoms. The zero-order chi connectivity index (χ0) is 13.0. The highest BCUT2D eigenvalue weighted by Gasteiger charge is 2.07. The van der Waals surface area contributed by atoms with Crippen molar-refractivity contribution in [3.63, 3.8) is 0 Å². The highest BCUT2D eigenvalue weighted by atomic mass is 16.5. The van der Waals surface area contributed by atoms with Crippen LogP contribution in [-0.2, 0) is 0 Å². The van der Waals surface area contributed by atoms with Gasteiger partial charge in [0.25, 0.3) is 0 Å². The van der Waals surface area contributed by atoms with E-state index < -0.39 is 5.97 Å². The maximum atomic E-state index is 11.7. The topological polar surface area (TPSA) is 43.4 Å². The van der Waals surface area contributed by atoms with Crippen LogP contribution in [0.3, 0.4) is 0 Å². The SMILES string of the molecule is CC(=O)c1ccc(OC(=O)c2ccccc2)cc1. The normalized spacial score (nSPS) is 9.83. The number of rotatable bonds is 3. The lowest BCUT2D eigenvalue weighted by Gasteiger charge is -2.04. The standard InChI is InChI=1S/C15H12O3/c1-11(16)12-7-9-14(10-8-12)18-15(17)13-5-3-2-4-6-13/h2-10H,1H3. The Morgan fingerprint density at radius 1 is 0.833 bits per heavy atom. The zero-order valence-corrected chi connectivity index (χ0v) is 9.92. The summed E-state index contributed by atoms with van der Waals surface area (Å²) in [7, 11) is 0. The molecule has 3 heteroatoms. The van der Waals surface area contributed by atoms with Gasteiger partial charge in [0.05, 0.1) is 5.56 Å². The summed E-state index contributed by atoms with van der Waals surface area (Å²) in [6.45, 7) is 1.49. The summed E-state index contributed by atoms with van der Waals surface area (Å²) >= 11 is 0. The number of ether oxygens (including phenoxy) is 1. The van der Waals surface area contributed by atoms with Crippen LogP contribution in [0.25, 0.3) is 0 Å². The number of benzene rings is 2. The first kappa shape index (κ1) is 12.0. The highest BCUT2D eigenvalue weighted by molar-refractivity contribution is 5.94. The fourth-order valence-corrected chi connectivity index (χ4v) is 1.50. The Morgan fingerprint density at radius 3 is 2.00 bits per heavy atom. The molecule has 0 aliphatic heterocycles. The number of carbonyl (C=O) groups is 2. The van der Waals surface area contributed by atoms with Crippen molar-refractivity contribution in [2.75, 3.05) is 0 Å². The predicted octanol–water partition coefficient (Wildman–Crippen LogP) is 3.11. The first-order valence-corrected chi connectivity index (χ1v) is 5.55.